The van der Waals surface area contributed by atoms with Gasteiger partial charge >= 0.3 is 5.97 Å². The van der Waals surface area contributed by atoms with Gasteiger partial charge in [0.25, 0.3) is 0 Å². The summed E-state index contributed by atoms with van der Waals surface area (Å²) < 4.78 is 12.6. The van der Waals surface area contributed by atoms with Gasteiger partial charge in [0.1, 0.15) is 17.1 Å². The summed E-state index contributed by atoms with van der Waals surface area (Å²) in [5, 5.41) is 5.78. The molecule has 0 saturated carbocycles. The molecule has 6 nitrogen and oxygen atoms in total. The first-order valence-corrected chi connectivity index (χ1v) is 16.8. The lowest BCUT2D eigenvalue weighted by atomic mass is 9.83. The Kier molecular flexibility index (Phi) is 15.4. The van der Waals surface area contributed by atoms with Gasteiger partial charge in [-0.05, 0) is 94.9 Å². The zero-order chi connectivity index (χ0) is 31.3. The van der Waals surface area contributed by atoms with Crippen LogP contribution in [0.3, 0.4) is 0 Å². The van der Waals surface area contributed by atoms with Gasteiger partial charge in [-0.25, -0.2) is 0 Å². The van der Waals surface area contributed by atoms with E-state index in [1.165, 1.54) is 51.4 Å². The molecule has 0 radical (unpaired) electrons. The molecule has 1 aliphatic heterocycles. The minimum atomic E-state index is -0.374. The first-order chi connectivity index (χ1) is 19.9. The molecule has 1 aromatic carbocycles. The highest BCUT2D eigenvalue weighted by molar-refractivity contribution is 5.82. The number of hydrogen-bond donors (Lipinski definition) is 2. The highest BCUT2D eigenvalue weighted by atomic mass is 16.5. The topological polar surface area (TPSA) is 76.7 Å². The fraction of sp³-hybridized carbons (Fsp3) is 0.778. The average Bonchev–Trinajstić information content (AvgIpc) is 2.93. The van der Waals surface area contributed by atoms with Crippen molar-refractivity contribution in [3.63, 3.8) is 0 Å². The van der Waals surface area contributed by atoms with Crippen LogP contribution in [0.5, 0.6) is 11.5 Å². The minimum absolute atomic E-state index is 0.0602. The van der Waals surface area contributed by atoms with Crippen LogP contribution in [-0.4, -0.2) is 37.6 Å². The molecular weight excluding hydrogens is 524 g/mol. The molecule has 240 valence electrons. The molecule has 1 amide bonds. The highest BCUT2D eigenvalue weighted by Gasteiger charge is 2.34. The van der Waals surface area contributed by atoms with E-state index in [2.05, 4.69) is 52.2 Å². The minimum Gasteiger partial charge on any atom is -0.487 e. The molecule has 0 fully saturated rings. The molecule has 1 heterocycles. The predicted octanol–water partition coefficient (Wildman–Crippen LogP) is 8.16. The maximum atomic E-state index is 12.6. The van der Waals surface area contributed by atoms with Gasteiger partial charge in [0.15, 0.2) is 0 Å². The van der Waals surface area contributed by atoms with E-state index in [1.807, 2.05) is 20.9 Å². The Morgan fingerprint density at radius 3 is 2.10 bits per heavy atom. The number of amides is 1. The van der Waals surface area contributed by atoms with E-state index in [4.69, 9.17) is 9.47 Å². The van der Waals surface area contributed by atoms with Crippen LogP contribution in [0, 0.1) is 38.5 Å². The molecule has 1 aliphatic rings. The van der Waals surface area contributed by atoms with Crippen LogP contribution in [0.2, 0.25) is 0 Å². The number of hydrogen-bond acceptors (Lipinski definition) is 5. The van der Waals surface area contributed by atoms with Gasteiger partial charge in [0, 0.05) is 25.1 Å². The second-order valence-corrected chi connectivity index (χ2v) is 13.8. The number of carbonyl (C=O) groups excluding carboxylic acids is 2. The maximum absolute atomic E-state index is 12.6. The zero-order valence-corrected chi connectivity index (χ0v) is 28.5. The Balaban J connectivity index is 1.85. The molecule has 0 bridgehead atoms. The van der Waals surface area contributed by atoms with E-state index < -0.39 is 0 Å². The lowest BCUT2D eigenvalue weighted by molar-refractivity contribution is -0.136. The van der Waals surface area contributed by atoms with Gasteiger partial charge in [-0.15, -0.1) is 0 Å². The van der Waals surface area contributed by atoms with Crippen LogP contribution in [0.1, 0.15) is 134 Å². The maximum Gasteiger partial charge on any atom is 0.311 e. The quantitative estimate of drug-likeness (QED) is 0.0972. The Morgan fingerprint density at radius 2 is 1.48 bits per heavy atom. The van der Waals surface area contributed by atoms with Crippen LogP contribution in [0.25, 0.3) is 0 Å². The summed E-state index contributed by atoms with van der Waals surface area (Å²) in [5.74, 6) is 3.52. The number of likely N-dealkylation sites (N-methyl/N-ethyl adjacent to an activating group) is 1. The largest absolute Gasteiger partial charge is 0.487 e. The van der Waals surface area contributed by atoms with Gasteiger partial charge < -0.3 is 20.1 Å². The van der Waals surface area contributed by atoms with Crippen molar-refractivity contribution < 1.29 is 19.1 Å². The van der Waals surface area contributed by atoms with Crippen molar-refractivity contribution in [3.8, 4) is 11.5 Å². The normalized spacial score (nSPS) is 17.9. The molecule has 1 aromatic rings. The summed E-state index contributed by atoms with van der Waals surface area (Å²) in [4.78, 5) is 24.6. The average molecular weight is 587 g/mol. The number of carbonyl (C=O) groups is 2. The second kappa shape index (κ2) is 17.9. The van der Waals surface area contributed by atoms with Gasteiger partial charge in [0.2, 0.25) is 5.91 Å². The number of benzene rings is 1. The molecule has 0 saturated heterocycles. The van der Waals surface area contributed by atoms with E-state index in [0.717, 1.165) is 65.0 Å². The summed E-state index contributed by atoms with van der Waals surface area (Å²) >= 11 is 0. The number of ether oxygens (including phenoxy) is 2. The fourth-order valence-electron chi connectivity index (χ4n) is 6.21. The van der Waals surface area contributed by atoms with Crippen molar-refractivity contribution >= 4 is 11.9 Å². The molecule has 2 rings (SSSR count). The lowest BCUT2D eigenvalue weighted by Gasteiger charge is -2.38. The van der Waals surface area contributed by atoms with Crippen molar-refractivity contribution in [1.82, 2.24) is 10.6 Å². The monoisotopic (exact) mass is 586 g/mol. The second-order valence-electron chi connectivity index (χ2n) is 13.8. The van der Waals surface area contributed by atoms with E-state index in [-0.39, 0.29) is 30.3 Å². The Morgan fingerprint density at radius 1 is 0.857 bits per heavy atom. The smallest absolute Gasteiger partial charge is 0.311 e. The third-order valence-electron chi connectivity index (χ3n) is 9.31. The molecule has 3 unspecified atom stereocenters. The van der Waals surface area contributed by atoms with E-state index in [1.54, 1.807) is 0 Å². The number of fused-ring (bicyclic) bond motifs is 1. The fourth-order valence-corrected chi connectivity index (χ4v) is 6.21. The third-order valence-corrected chi connectivity index (χ3v) is 9.31. The van der Waals surface area contributed by atoms with Crippen LogP contribution >= 0.6 is 0 Å². The summed E-state index contributed by atoms with van der Waals surface area (Å²) in [6.07, 6.45) is 13.7. The number of rotatable bonds is 19. The zero-order valence-electron chi connectivity index (χ0n) is 28.5. The molecule has 0 spiro atoms. The molecular formula is C36H62N2O4. The summed E-state index contributed by atoms with van der Waals surface area (Å²) in [6.45, 7) is 19.1. The van der Waals surface area contributed by atoms with Gasteiger partial charge in [-0.3, -0.25) is 9.59 Å². The Labute approximate surface area is 257 Å². The van der Waals surface area contributed by atoms with Crippen molar-refractivity contribution in [2.45, 2.75) is 144 Å². The van der Waals surface area contributed by atoms with Gasteiger partial charge in [0.05, 0.1) is 6.42 Å². The summed E-state index contributed by atoms with van der Waals surface area (Å²) in [5.41, 5.74) is 3.95. The molecule has 42 heavy (non-hydrogen) atoms. The molecule has 0 aliphatic carbocycles. The molecule has 3 atom stereocenters. The lowest BCUT2D eigenvalue weighted by Crippen LogP contribution is -2.37. The first-order valence-electron chi connectivity index (χ1n) is 16.8. The molecule has 0 aromatic heterocycles. The van der Waals surface area contributed by atoms with Gasteiger partial charge in [-0.2, -0.15) is 0 Å². The van der Waals surface area contributed by atoms with E-state index in [0.29, 0.717) is 18.8 Å². The van der Waals surface area contributed by atoms with Crippen LogP contribution < -0.4 is 20.1 Å². The van der Waals surface area contributed by atoms with Crippen molar-refractivity contribution in [1.29, 1.82) is 0 Å². The van der Waals surface area contributed by atoms with Gasteiger partial charge in [-0.1, -0.05) is 72.6 Å². The van der Waals surface area contributed by atoms with E-state index >= 15 is 0 Å². The summed E-state index contributed by atoms with van der Waals surface area (Å²) in [6, 6.07) is 0. The SMILES string of the molecule is CNCCNC(=O)CCC(=O)Oc1c(C)c(C)c2c(c1C)CCC(C)(CCCC(C)CCCC(C)CCCC(C)C)O2. The number of nitrogens with one attached hydrogen (secondary N) is 2. The van der Waals surface area contributed by atoms with Crippen LogP contribution in [0.4, 0.5) is 0 Å². The van der Waals surface area contributed by atoms with Crippen LogP contribution in [-0.2, 0) is 16.0 Å². The molecule has 2 N–H and O–H groups in total. The molecule has 6 heteroatoms. The van der Waals surface area contributed by atoms with E-state index in [9.17, 15) is 9.59 Å². The summed E-state index contributed by atoms with van der Waals surface area (Å²) in [7, 11) is 1.83. The predicted molar refractivity (Wildman–Crippen MR) is 175 cm³/mol. The van der Waals surface area contributed by atoms with Crippen LogP contribution in [0.15, 0.2) is 0 Å². The Hall–Kier alpha value is -2.08. The highest BCUT2D eigenvalue weighted by Crippen LogP contribution is 2.45. The van der Waals surface area contributed by atoms with Crippen molar-refractivity contribution in [3.05, 3.63) is 22.3 Å². The van der Waals surface area contributed by atoms with Crippen molar-refractivity contribution in [2.75, 3.05) is 20.1 Å². The first kappa shape index (κ1) is 36.1. The third kappa shape index (κ3) is 11.9. The number of esters is 1. The Bertz CT molecular complexity index is 1000. The van der Waals surface area contributed by atoms with Crippen molar-refractivity contribution in [2.24, 2.45) is 17.8 Å². The standard InChI is InChI=1S/C36H62N2O4/c1-25(2)13-10-14-26(3)15-11-16-27(4)17-12-21-36(8)22-20-31-30(7)34(28(5)29(6)35(31)42-36)41-33(40)19-18-32(39)38-24-23-37-9/h25-27,37H,10-24H2,1-9H3,(H,38,39).